The van der Waals surface area contributed by atoms with Crippen molar-refractivity contribution in [3.05, 3.63) is 12.7 Å². The molecule has 0 fully saturated rings. The van der Waals surface area contributed by atoms with Crippen LogP contribution in [0.3, 0.4) is 0 Å². The molecular weight excluding hydrogens is 74.1 g/mol. The first-order valence-electron chi connectivity index (χ1n) is 1.94. The maximum absolute atomic E-state index is 6.61. The zero-order chi connectivity index (χ0) is 4.99. The van der Waals surface area contributed by atoms with Crippen molar-refractivity contribution >= 4 is 6.21 Å². The molecule has 0 saturated carbocycles. The summed E-state index contributed by atoms with van der Waals surface area (Å²) in [5, 5.41) is 6.61. The molecule has 0 aromatic heterocycles. The fourth-order valence-electron chi connectivity index (χ4n) is 0.0680. The molecule has 1 unspecified atom stereocenters. The molecule has 1 heteroatoms. The fourth-order valence-corrected chi connectivity index (χ4v) is 0.0680. The van der Waals surface area contributed by atoms with Crippen LogP contribution in [0.5, 0.6) is 0 Å². The molecule has 0 spiro atoms. The summed E-state index contributed by atoms with van der Waals surface area (Å²) >= 11 is 0. The summed E-state index contributed by atoms with van der Waals surface area (Å²) in [6.45, 7) is 5.40. The van der Waals surface area contributed by atoms with Gasteiger partial charge in [0.2, 0.25) is 0 Å². The molecule has 0 heterocycles. The molecule has 0 aliphatic heterocycles. The molecule has 1 nitrogen and oxygen atoms in total. The molecule has 0 aliphatic rings. The Balaban J connectivity index is 3.21. The SMILES string of the molecule is C=CC(C)C=N. The quantitative estimate of drug-likeness (QED) is 0.386. The normalized spacial score (nSPS) is 12.8. The van der Waals surface area contributed by atoms with Gasteiger partial charge in [0.05, 0.1) is 0 Å². The van der Waals surface area contributed by atoms with E-state index in [1.807, 2.05) is 6.92 Å². The zero-order valence-corrected chi connectivity index (χ0v) is 3.94. The van der Waals surface area contributed by atoms with E-state index in [0.29, 0.717) is 0 Å². The van der Waals surface area contributed by atoms with Gasteiger partial charge in [-0.05, 0) is 0 Å². The van der Waals surface area contributed by atoms with E-state index in [0.717, 1.165) is 0 Å². The van der Waals surface area contributed by atoms with Gasteiger partial charge < -0.3 is 5.41 Å². The van der Waals surface area contributed by atoms with Crippen LogP contribution >= 0.6 is 0 Å². The minimum Gasteiger partial charge on any atom is -0.313 e. The number of rotatable bonds is 2. The van der Waals surface area contributed by atoms with Gasteiger partial charge >= 0.3 is 0 Å². The molecular formula is C5H9N. The molecule has 0 aliphatic carbocycles. The molecule has 0 radical (unpaired) electrons. The van der Waals surface area contributed by atoms with Gasteiger partial charge in [-0.3, -0.25) is 0 Å². The largest absolute Gasteiger partial charge is 0.313 e. The first-order valence-corrected chi connectivity index (χ1v) is 1.94. The average Bonchev–Trinajstić information content (AvgIpc) is 1.65. The van der Waals surface area contributed by atoms with Gasteiger partial charge in [-0.2, -0.15) is 0 Å². The molecule has 6 heavy (non-hydrogen) atoms. The molecule has 1 atom stereocenters. The predicted molar refractivity (Wildman–Crippen MR) is 28.1 cm³/mol. The third kappa shape index (κ3) is 1.70. The van der Waals surface area contributed by atoms with Gasteiger partial charge in [0.1, 0.15) is 0 Å². The van der Waals surface area contributed by atoms with Crippen molar-refractivity contribution in [1.82, 2.24) is 0 Å². The summed E-state index contributed by atoms with van der Waals surface area (Å²) in [6, 6.07) is 0. The molecule has 0 bridgehead atoms. The Bertz CT molecular complexity index is 49.0. The fraction of sp³-hybridized carbons (Fsp3) is 0.400. The Hall–Kier alpha value is -0.590. The van der Waals surface area contributed by atoms with Crippen LogP contribution in [0.1, 0.15) is 6.92 Å². The van der Waals surface area contributed by atoms with Crippen LogP contribution in [0.25, 0.3) is 0 Å². The number of allylic oxidation sites excluding steroid dienone is 1. The van der Waals surface area contributed by atoms with E-state index in [4.69, 9.17) is 5.41 Å². The lowest BCUT2D eigenvalue weighted by molar-refractivity contribution is 1.02. The van der Waals surface area contributed by atoms with Crippen molar-refractivity contribution in [3.8, 4) is 0 Å². The number of hydrogen-bond donors (Lipinski definition) is 1. The summed E-state index contributed by atoms with van der Waals surface area (Å²) in [6.07, 6.45) is 3.08. The second-order valence-corrected chi connectivity index (χ2v) is 1.26. The smallest absolute Gasteiger partial charge is 0.00838 e. The summed E-state index contributed by atoms with van der Waals surface area (Å²) in [5.74, 6) is 0.241. The van der Waals surface area contributed by atoms with Gasteiger partial charge in [0, 0.05) is 12.1 Å². The van der Waals surface area contributed by atoms with Crippen molar-refractivity contribution < 1.29 is 0 Å². The van der Waals surface area contributed by atoms with Gasteiger partial charge in [-0.15, -0.1) is 6.58 Å². The van der Waals surface area contributed by atoms with Crippen LogP contribution in [0.4, 0.5) is 0 Å². The summed E-state index contributed by atoms with van der Waals surface area (Å²) in [7, 11) is 0. The molecule has 0 aromatic carbocycles. The van der Waals surface area contributed by atoms with E-state index < -0.39 is 0 Å². The van der Waals surface area contributed by atoms with Crippen molar-refractivity contribution in [2.75, 3.05) is 0 Å². The molecule has 0 amide bonds. The topological polar surface area (TPSA) is 23.9 Å². The van der Waals surface area contributed by atoms with Crippen LogP contribution in [0.2, 0.25) is 0 Å². The van der Waals surface area contributed by atoms with Crippen molar-refractivity contribution in [2.24, 2.45) is 5.92 Å². The number of nitrogens with one attached hydrogen (secondary N) is 1. The molecule has 0 saturated heterocycles. The first kappa shape index (κ1) is 5.41. The lowest BCUT2D eigenvalue weighted by Crippen LogP contribution is -1.84. The summed E-state index contributed by atoms with van der Waals surface area (Å²) in [5.41, 5.74) is 0. The molecule has 34 valence electrons. The Kier molecular flexibility index (Phi) is 2.38. The van der Waals surface area contributed by atoms with E-state index in [9.17, 15) is 0 Å². The highest BCUT2D eigenvalue weighted by Crippen LogP contribution is 1.85. The van der Waals surface area contributed by atoms with Crippen LogP contribution in [0.15, 0.2) is 12.7 Å². The van der Waals surface area contributed by atoms with Gasteiger partial charge in [0.15, 0.2) is 0 Å². The van der Waals surface area contributed by atoms with Crippen molar-refractivity contribution in [1.29, 1.82) is 5.41 Å². The Labute approximate surface area is 38.2 Å². The predicted octanol–water partition coefficient (Wildman–Crippen LogP) is 1.46. The van der Waals surface area contributed by atoms with Gasteiger partial charge in [-0.1, -0.05) is 13.0 Å². The standard InChI is InChI=1S/C5H9N/c1-3-5(2)4-6/h3-6H,1H2,2H3. The second kappa shape index (κ2) is 2.64. The minimum atomic E-state index is 0.241. The first-order chi connectivity index (χ1) is 2.81. The van der Waals surface area contributed by atoms with E-state index in [1.54, 1.807) is 6.08 Å². The highest BCUT2D eigenvalue weighted by atomic mass is 14.3. The van der Waals surface area contributed by atoms with E-state index in [2.05, 4.69) is 6.58 Å². The molecule has 0 aromatic rings. The van der Waals surface area contributed by atoms with Crippen LogP contribution in [-0.2, 0) is 0 Å². The Morgan fingerprint density at radius 2 is 2.33 bits per heavy atom. The van der Waals surface area contributed by atoms with Gasteiger partial charge in [0.25, 0.3) is 0 Å². The monoisotopic (exact) mass is 83.1 g/mol. The third-order valence-electron chi connectivity index (χ3n) is 0.635. The summed E-state index contributed by atoms with van der Waals surface area (Å²) < 4.78 is 0. The lowest BCUT2D eigenvalue weighted by Gasteiger charge is -1.86. The van der Waals surface area contributed by atoms with E-state index >= 15 is 0 Å². The zero-order valence-electron chi connectivity index (χ0n) is 3.94. The minimum absolute atomic E-state index is 0.241. The van der Waals surface area contributed by atoms with Crippen LogP contribution in [-0.4, -0.2) is 6.21 Å². The third-order valence-corrected chi connectivity index (χ3v) is 0.635. The van der Waals surface area contributed by atoms with E-state index in [1.165, 1.54) is 6.21 Å². The van der Waals surface area contributed by atoms with Crippen LogP contribution < -0.4 is 0 Å². The number of hydrogen-bond acceptors (Lipinski definition) is 1. The molecule has 1 N–H and O–H groups in total. The lowest BCUT2D eigenvalue weighted by atomic mass is 10.2. The maximum atomic E-state index is 6.61. The van der Waals surface area contributed by atoms with Crippen molar-refractivity contribution in [3.63, 3.8) is 0 Å². The van der Waals surface area contributed by atoms with Crippen molar-refractivity contribution in [2.45, 2.75) is 6.92 Å². The maximum Gasteiger partial charge on any atom is 0.00838 e. The highest BCUT2D eigenvalue weighted by molar-refractivity contribution is 5.58. The molecule has 0 rings (SSSR count). The Morgan fingerprint density at radius 3 is 2.33 bits per heavy atom. The van der Waals surface area contributed by atoms with E-state index in [-0.39, 0.29) is 5.92 Å². The second-order valence-electron chi connectivity index (χ2n) is 1.26. The van der Waals surface area contributed by atoms with Crippen LogP contribution in [0, 0.1) is 11.3 Å². The average molecular weight is 83.1 g/mol. The highest BCUT2D eigenvalue weighted by Gasteiger charge is 1.80. The summed E-state index contributed by atoms with van der Waals surface area (Å²) in [4.78, 5) is 0. The Morgan fingerprint density at radius 1 is 1.83 bits per heavy atom. The van der Waals surface area contributed by atoms with Gasteiger partial charge in [-0.25, -0.2) is 0 Å².